The van der Waals surface area contributed by atoms with E-state index < -0.39 is 0 Å². The lowest BCUT2D eigenvalue weighted by molar-refractivity contribution is 0.0943. The highest BCUT2D eigenvalue weighted by Crippen LogP contribution is 2.26. The largest absolute Gasteiger partial charge is 0.345 e. The molecular formula is C17H20N4OS. The summed E-state index contributed by atoms with van der Waals surface area (Å²) in [5.41, 5.74) is 1.99. The normalized spacial score (nSPS) is 12.7. The van der Waals surface area contributed by atoms with Gasteiger partial charge in [-0.15, -0.1) is 10.2 Å². The highest BCUT2D eigenvalue weighted by molar-refractivity contribution is 7.19. The molecule has 0 saturated carbocycles. The molecule has 2 aromatic heterocycles. The number of thiazole rings is 1. The zero-order valence-corrected chi connectivity index (χ0v) is 14.5. The van der Waals surface area contributed by atoms with Gasteiger partial charge in [0.25, 0.3) is 5.91 Å². The Hall–Kier alpha value is -2.21. The zero-order valence-electron chi connectivity index (χ0n) is 13.7. The van der Waals surface area contributed by atoms with Crippen LogP contribution in [0.2, 0.25) is 0 Å². The van der Waals surface area contributed by atoms with Gasteiger partial charge >= 0.3 is 0 Å². The van der Waals surface area contributed by atoms with Gasteiger partial charge in [0.1, 0.15) is 10.7 Å². The Morgan fingerprint density at radius 1 is 1.17 bits per heavy atom. The van der Waals surface area contributed by atoms with Crippen LogP contribution in [0.1, 0.15) is 59.5 Å². The van der Waals surface area contributed by atoms with Gasteiger partial charge in [-0.25, -0.2) is 0 Å². The Bertz CT molecular complexity index is 835. The number of amides is 1. The predicted octanol–water partition coefficient (Wildman–Crippen LogP) is 3.71. The average molecular weight is 328 g/mol. The Morgan fingerprint density at radius 3 is 2.52 bits per heavy atom. The number of fused-ring (bicyclic) bond motifs is 1. The first-order valence-corrected chi connectivity index (χ1v) is 8.51. The van der Waals surface area contributed by atoms with Crippen molar-refractivity contribution in [3.05, 3.63) is 52.3 Å². The van der Waals surface area contributed by atoms with E-state index >= 15 is 0 Å². The van der Waals surface area contributed by atoms with Crippen molar-refractivity contribution in [2.45, 2.75) is 39.7 Å². The van der Waals surface area contributed by atoms with Crippen LogP contribution in [0.3, 0.4) is 0 Å². The molecule has 3 rings (SSSR count). The molecule has 5 nitrogen and oxygen atoms in total. The van der Waals surface area contributed by atoms with Crippen LogP contribution in [0.15, 0.2) is 30.3 Å². The molecule has 0 fully saturated rings. The molecular weight excluding hydrogens is 308 g/mol. The van der Waals surface area contributed by atoms with Gasteiger partial charge in [-0.2, -0.15) is 0 Å². The molecule has 0 aliphatic carbocycles. The molecule has 1 amide bonds. The summed E-state index contributed by atoms with van der Waals surface area (Å²) in [5, 5.41) is 11.5. The first-order chi connectivity index (χ1) is 11.0. The second-order valence-corrected chi connectivity index (χ2v) is 6.93. The molecule has 23 heavy (non-hydrogen) atoms. The highest BCUT2D eigenvalue weighted by atomic mass is 32.1. The van der Waals surface area contributed by atoms with E-state index in [9.17, 15) is 4.79 Å². The number of nitrogens with zero attached hydrogens (tertiary/aromatic N) is 3. The van der Waals surface area contributed by atoms with E-state index in [1.807, 2.05) is 48.6 Å². The van der Waals surface area contributed by atoms with Crippen molar-refractivity contribution in [3.8, 4) is 0 Å². The van der Waals surface area contributed by atoms with Crippen molar-refractivity contribution < 1.29 is 4.79 Å². The minimum Gasteiger partial charge on any atom is -0.345 e. The highest BCUT2D eigenvalue weighted by Gasteiger charge is 2.22. The van der Waals surface area contributed by atoms with Gasteiger partial charge in [-0.1, -0.05) is 55.5 Å². The topological polar surface area (TPSA) is 59.3 Å². The summed E-state index contributed by atoms with van der Waals surface area (Å²) in [7, 11) is 0. The monoisotopic (exact) mass is 328 g/mol. The van der Waals surface area contributed by atoms with E-state index in [2.05, 4.69) is 29.4 Å². The molecule has 0 bridgehead atoms. The van der Waals surface area contributed by atoms with Crippen LogP contribution >= 0.6 is 11.3 Å². The van der Waals surface area contributed by atoms with Crippen molar-refractivity contribution in [2.24, 2.45) is 0 Å². The van der Waals surface area contributed by atoms with E-state index in [0.29, 0.717) is 4.88 Å². The number of aryl methyl sites for hydroxylation is 1. The van der Waals surface area contributed by atoms with Gasteiger partial charge in [-0.05, 0) is 19.4 Å². The lowest BCUT2D eigenvalue weighted by atomic mass is 10.1. The fraction of sp³-hybridized carbons (Fsp3) is 0.353. The van der Waals surface area contributed by atoms with Gasteiger partial charge in [0.2, 0.25) is 4.96 Å². The molecule has 0 spiro atoms. The summed E-state index contributed by atoms with van der Waals surface area (Å²) in [4.78, 5) is 14.1. The molecule has 0 saturated heterocycles. The number of hydrogen-bond donors (Lipinski definition) is 1. The molecule has 1 aromatic carbocycles. The van der Waals surface area contributed by atoms with E-state index in [0.717, 1.165) is 22.0 Å². The standard InChI is InChI=1S/C17H20N4OS/c1-10(2)15-19-20-17-21(15)12(4)14(23-17)16(22)18-11(3)13-8-6-5-7-9-13/h5-11H,1-4H3,(H,18,22). The molecule has 3 aromatic rings. The second-order valence-electron chi connectivity index (χ2n) is 5.95. The fourth-order valence-electron chi connectivity index (χ4n) is 2.60. The Kier molecular flexibility index (Phi) is 4.17. The first-order valence-electron chi connectivity index (χ1n) is 7.69. The quantitative estimate of drug-likeness (QED) is 0.794. The van der Waals surface area contributed by atoms with Crippen LogP contribution in [0.4, 0.5) is 0 Å². The minimum atomic E-state index is -0.0657. The zero-order chi connectivity index (χ0) is 16.6. The molecule has 2 heterocycles. The third kappa shape index (κ3) is 2.86. The molecule has 1 atom stereocenters. The molecule has 0 radical (unpaired) electrons. The first kappa shape index (κ1) is 15.7. The van der Waals surface area contributed by atoms with Crippen molar-refractivity contribution in [3.63, 3.8) is 0 Å². The summed E-state index contributed by atoms with van der Waals surface area (Å²) in [6.07, 6.45) is 0. The molecule has 120 valence electrons. The van der Waals surface area contributed by atoms with Gasteiger partial charge in [0.15, 0.2) is 0 Å². The molecule has 0 aliphatic rings. The SMILES string of the molecule is Cc1c(C(=O)NC(C)c2ccccc2)sc2nnc(C(C)C)n12. The van der Waals surface area contributed by atoms with Crippen LogP contribution < -0.4 is 5.32 Å². The minimum absolute atomic E-state index is 0.0415. The van der Waals surface area contributed by atoms with Crippen LogP contribution in [-0.4, -0.2) is 20.5 Å². The number of carbonyl (C=O) groups is 1. The van der Waals surface area contributed by atoms with Crippen LogP contribution in [0.5, 0.6) is 0 Å². The van der Waals surface area contributed by atoms with Gasteiger partial charge in [0.05, 0.1) is 6.04 Å². The van der Waals surface area contributed by atoms with Crippen LogP contribution in [0, 0.1) is 6.92 Å². The number of hydrogen-bond acceptors (Lipinski definition) is 4. The molecule has 6 heteroatoms. The van der Waals surface area contributed by atoms with E-state index in [1.165, 1.54) is 11.3 Å². The van der Waals surface area contributed by atoms with Gasteiger partial charge in [0, 0.05) is 11.6 Å². The third-order valence-corrected chi connectivity index (χ3v) is 5.02. The Balaban J connectivity index is 1.88. The number of rotatable bonds is 4. The van der Waals surface area contributed by atoms with Crippen LogP contribution in [0.25, 0.3) is 4.96 Å². The summed E-state index contributed by atoms with van der Waals surface area (Å²) in [6, 6.07) is 9.91. The van der Waals surface area contributed by atoms with E-state index in [4.69, 9.17) is 0 Å². The molecule has 1 N–H and O–H groups in total. The Labute approximate surface area is 139 Å². The van der Waals surface area contributed by atoms with Gasteiger partial charge < -0.3 is 5.32 Å². The van der Waals surface area contributed by atoms with E-state index in [1.54, 1.807) is 0 Å². The maximum atomic E-state index is 12.6. The summed E-state index contributed by atoms with van der Waals surface area (Å²) in [6.45, 7) is 8.08. The lowest BCUT2D eigenvalue weighted by Crippen LogP contribution is -2.26. The van der Waals surface area contributed by atoms with Gasteiger partial charge in [-0.3, -0.25) is 9.20 Å². The second kappa shape index (κ2) is 6.12. The average Bonchev–Trinajstić information content (AvgIpc) is 3.09. The number of aromatic nitrogens is 3. The maximum absolute atomic E-state index is 12.6. The van der Waals surface area contributed by atoms with Crippen molar-refractivity contribution in [1.29, 1.82) is 0 Å². The fourth-order valence-corrected chi connectivity index (χ4v) is 3.58. The number of nitrogens with one attached hydrogen (secondary N) is 1. The van der Waals surface area contributed by atoms with Crippen molar-refractivity contribution >= 4 is 22.2 Å². The smallest absolute Gasteiger partial charge is 0.263 e. The molecule has 0 aliphatic heterocycles. The third-order valence-electron chi connectivity index (χ3n) is 3.89. The summed E-state index contributed by atoms with van der Waals surface area (Å²) >= 11 is 1.38. The Morgan fingerprint density at radius 2 is 1.87 bits per heavy atom. The summed E-state index contributed by atoms with van der Waals surface area (Å²) in [5.74, 6) is 1.09. The van der Waals surface area contributed by atoms with Crippen molar-refractivity contribution in [2.75, 3.05) is 0 Å². The predicted molar refractivity (Wildman–Crippen MR) is 92.0 cm³/mol. The molecule has 1 unspecified atom stereocenters. The summed E-state index contributed by atoms with van der Waals surface area (Å²) < 4.78 is 1.98. The van der Waals surface area contributed by atoms with E-state index in [-0.39, 0.29) is 17.9 Å². The number of benzene rings is 1. The van der Waals surface area contributed by atoms with Crippen molar-refractivity contribution in [1.82, 2.24) is 19.9 Å². The maximum Gasteiger partial charge on any atom is 0.263 e. The van der Waals surface area contributed by atoms with Crippen LogP contribution in [-0.2, 0) is 0 Å². The number of carbonyl (C=O) groups excluding carboxylic acids is 1. The lowest BCUT2D eigenvalue weighted by Gasteiger charge is -2.13.